The Labute approximate surface area is 72.9 Å². The number of carbonyl (C=O) groups excluding carboxylic acids is 1. The van der Waals surface area contributed by atoms with E-state index in [1.807, 2.05) is 0 Å². The number of ether oxygens (including phenoxy) is 1. The van der Waals surface area contributed by atoms with Crippen LogP contribution in [-0.2, 0) is 0 Å². The molecule has 0 heterocycles. The second kappa shape index (κ2) is 3.40. The van der Waals surface area contributed by atoms with Crippen LogP contribution in [0.4, 0.5) is 9.18 Å². The minimum atomic E-state index is -0.989. The van der Waals surface area contributed by atoms with Crippen LogP contribution in [0.3, 0.4) is 0 Å². The Hall–Kier alpha value is -1.29. The molecule has 12 heavy (non-hydrogen) atoms. The summed E-state index contributed by atoms with van der Waals surface area (Å²) in [6.07, 6.45) is -0.989. The lowest BCUT2D eigenvalue weighted by atomic mass is 10.3. The summed E-state index contributed by atoms with van der Waals surface area (Å²) >= 11 is 5.37. The van der Waals surface area contributed by atoms with Crippen molar-refractivity contribution in [2.45, 2.75) is 0 Å². The molecule has 0 bridgehead atoms. The summed E-state index contributed by atoms with van der Waals surface area (Å²) in [5.41, 5.74) is 4.70. The molecule has 0 spiro atoms. The Morgan fingerprint density at radius 2 is 2.25 bits per heavy atom. The number of hydrogen-bond acceptors (Lipinski definition) is 2. The first-order valence-electron chi connectivity index (χ1n) is 3.02. The lowest BCUT2D eigenvalue weighted by Crippen LogP contribution is -2.16. The van der Waals surface area contributed by atoms with Gasteiger partial charge in [-0.05, 0) is 12.1 Å². The van der Waals surface area contributed by atoms with Gasteiger partial charge in [0.05, 0.1) is 5.02 Å². The molecule has 0 saturated heterocycles. The molecule has 1 aromatic rings. The van der Waals surface area contributed by atoms with Crippen LogP contribution in [0.1, 0.15) is 0 Å². The van der Waals surface area contributed by atoms with Crippen molar-refractivity contribution in [3.63, 3.8) is 0 Å². The Balaban J connectivity index is 2.89. The number of rotatable bonds is 1. The van der Waals surface area contributed by atoms with E-state index in [4.69, 9.17) is 17.3 Å². The van der Waals surface area contributed by atoms with Crippen LogP contribution in [0.5, 0.6) is 5.75 Å². The number of primary amides is 1. The Morgan fingerprint density at radius 1 is 1.58 bits per heavy atom. The van der Waals surface area contributed by atoms with Gasteiger partial charge in [0.1, 0.15) is 11.6 Å². The molecule has 0 aliphatic heterocycles. The molecule has 64 valence electrons. The fraction of sp³-hybridized carbons (Fsp3) is 0. The lowest BCUT2D eigenvalue weighted by Gasteiger charge is -2.00. The minimum absolute atomic E-state index is 0.0319. The van der Waals surface area contributed by atoms with Gasteiger partial charge in [-0.1, -0.05) is 11.6 Å². The normalized spacial score (nSPS) is 9.50. The quantitative estimate of drug-likeness (QED) is 0.734. The predicted octanol–water partition coefficient (Wildman–Crippen LogP) is 1.94. The molecule has 0 aliphatic carbocycles. The average Bonchev–Trinajstić information content (AvgIpc) is 1.96. The number of amides is 1. The van der Waals surface area contributed by atoms with Gasteiger partial charge in [-0.15, -0.1) is 0 Å². The van der Waals surface area contributed by atoms with E-state index in [2.05, 4.69) is 4.74 Å². The van der Waals surface area contributed by atoms with Crippen LogP contribution in [0, 0.1) is 5.82 Å². The molecule has 0 aliphatic rings. The maximum Gasteiger partial charge on any atom is 0.409 e. The molecule has 0 fully saturated rings. The monoisotopic (exact) mass is 189 g/mol. The molecule has 0 atom stereocenters. The number of hydrogen-bond donors (Lipinski definition) is 1. The molecule has 1 rings (SSSR count). The van der Waals surface area contributed by atoms with Gasteiger partial charge >= 0.3 is 6.09 Å². The van der Waals surface area contributed by atoms with Gasteiger partial charge in [0.2, 0.25) is 0 Å². The molecule has 1 aromatic carbocycles. The van der Waals surface area contributed by atoms with Crippen molar-refractivity contribution in [2.75, 3.05) is 0 Å². The van der Waals surface area contributed by atoms with Crippen LogP contribution in [-0.4, -0.2) is 6.09 Å². The van der Waals surface area contributed by atoms with Crippen molar-refractivity contribution in [2.24, 2.45) is 5.73 Å². The largest absolute Gasteiger partial charge is 0.410 e. The van der Waals surface area contributed by atoms with Crippen molar-refractivity contribution in [1.29, 1.82) is 0 Å². The first kappa shape index (κ1) is 8.80. The third-order valence-corrected chi connectivity index (χ3v) is 1.42. The Bertz CT molecular complexity index is 316. The number of halogens is 2. The summed E-state index contributed by atoms with van der Waals surface area (Å²) in [6.45, 7) is 0. The van der Waals surface area contributed by atoms with Crippen molar-refractivity contribution in [3.05, 3.63) is 29.0 Å². The zero-order chi connectivity index (χ0) is 9.14. The summed E-state index contributed by atoms with van der Waals surface area (Å²) in [6, 6.07) is 3.60. The third kappa shape index (κ3) is 2.10. The second-order valence-electron chi connectivity index (χ2n) is 2.00. The maximum atomic E-state index is 12.7. The molecule has 2 N–H and O–H groups in total. The van der Waals surface area contributed by atoms with Crippen LogP contribution < -0.4 is 10.5 Å². The Kier molecular flexibility index (Phi) is 2.50. The van der Waals surface area contributed by atoms with Gasteiger partial charge in [-0.25, -0.2) is 9.18 Å². The highest BCUT2D eigenvalue weighted by atomic mass is 35.5. The zero-order valence-corrected chi connectivity index (χ0v) is 6.64. The molecular weight excluding hydrogens is 185 g/mol. The van der Waals surface area contributed by atoms with Crippen molar-refractivity contribution in [3.8, 4) is 5.75 Å². The Morgan fingerprint density at radius 3 is 2.75 bits per heavy atom. The summed E-state index contributed by atoms with van der Waals surface area (Å²) < 4.78 is 17.1. The van der Waals surface area contributed by atoms with Crippen LogP contribution in [0.2, 0.25) is 5.02 Å². The van der Waals surface area contributed by atoms with Gasteiger partial charge in [0.15, 0.2) is 0 Å². The van der Waals surface area contributed by atoms with E-state index < -0.39 is 11.9 Å². The zero-order valence-electron chi connectivity index (χ0n) is 5.88. The van der Waals surface area contributed by atoms with E-state index in [1.165, 1.54) is 12.1 Å². The van der Waals surface area contributed by atoms with Gasteiger partial charge in [-0.3, -0.25) is 0 Å². The van der Waals surface area contributed by atoms with Gasteiger partial charge in [0, 0.05) is 6.07 Å². The number of benzene rings is 1. The highest BCUT2D eigenvalue weighted by molar-refractivity contribution is 6.30. The van der Waals surface area contributed by atoms with Crippen molar-refractivity contribution >= 4 is 17.7 Å². The molecule has 0 aromatic heterocycles. The van der Waals surface area contributed by atoms with Crippen molar-refractivity contribution in [1.82, 2.24) is 0 Å². The molecule has 0 radical (unpaired) electrons. The molecule has 0 unspecified atom stereocenters. The fourth-order valence-electron chi connectivity index (χ4n) is 0.656. The number of nitrogens with two attached hydrogens (primary N) is 1. The van der Waals surface area contributed by atoms with Crippen LogP contribution >= 0.6 is 11.6 Å². The smallest absolute Gasteiger partial charge is 0.409 e. The summed E-state index contributed by atoms with van der Waals surface area (Å²) in [5, 5.41) is -0.0354. The number of carbonyl (C=O) groups is 1. The third-order valence-electron chi connectivity index (χ3n) is 1.11. The van der Waals surface area contributed by atoms with Crippen LogP contribution in [0.25, 0.3) is 0 Å². The SMILES string of the molecule is NC(=O)Oc1ccc(Cl)c(F)c1. The fourth-order valence-corrected chi connectivity index (χ4v) is 0.774. The highest BCUT2D eigenvalue weighted by Crippen LogP contribution is 2.19. The molecule has 3 nitrogen and oxygen atoms in total. The van der Waals surface area contributed by atoms with Gasteiger partial charge in [-0.2, -0.15) is 0 Å². The standard InChI is InChI=1S/C7H5ClFNO2/c8-5-2-1-4(3-6(5)9)12-7(10)11/h1-3H,(H2,10,11). The van der Waals surface area contributed by atoms with Crippen LogP contribution in [0.15, 0.2) is 18.2 Å². The molecule has 5 heteroatoms. The molecule has 0 saturated carbocycles. The predicted molar refractivity (Wildman–Crippen MR) is 41.6 cm³/mol. The summed E-state index contributed by atoms with van der Waals surface area (Å²) in [4.78, 5) is 10.2. The van der Waals surface area contributed by atoms with E-state index in [1.54, 1.807) is 0 Å². The van der Waals surface area contributed by atoms with E-state index in [0.717, 1.165) is 6.07 Å². The van der Waals surface area contributed by atoms with E-state index in [0.29, 0.717) is 0 Å². The molecular formula is C7H5ClFNO2. The first-order valence-corrected chi connectivity index (χ1v) is 3.40. The summed E-state index contributed by atoms with van der Waals surface area (Å²) in [5.74, 6) is -0.625. The first-order chi connectivity index (χ1) is 5.59. The lowest BCUT2D eigenvalue weighted by molar-refractivity contribution is 0.210. The van der Waals surface area contributed by atoms with Gasteiger partial charge < -0.3 is 10.5 Å². The maximum absolute atomic E-state index is 12.7. The van der Waals surface area contributed by atoms with E-state index >= 15 is 0 Å². The summed E-state index contributed by atoms with van der Waals surface area (Å²) in [7, 11) is 0. The van der Waals surface area contributed by atoms with E-state index in [9.17, 15) is 9.18 Å². The topological polar surface area (TPSA) is 52.3 Å². The second-order valence-corrected chi connectivity index (χ2v) is 2.40. The van der Waals surface area contributed by atoms with Crippen molar-refractivity contribution < 1.29 is 13.9 Å². The molecule has 1 amide bonds. The highest BCUT2D eigenvalue weighted by Gasteiger charge is 2.03. The van der Waals surface area contributed by atoms with Gasteiger partial charge in [0.25, 0.3) is 0 Å². The van der Waals surface area contributed by atoms with E-state index in [-0.39, 0.29) is 10.8 Å². The average molecular weight is 190 g/mol. The minimum Gasteiger partial charge on any atom is -0.410 e.